The van der Waals surface area contributed by atoms with Crippen LogP contribution in [-0.4, -0.2) is 17.0 Å². The molecule has 1 aromatic heterocycles. The van der Waals surface area contributed by atoms with Crippen LogP contribution in [0.25, 0.3) is 0 Å². The molecule has 1 amide bonds. The lowest BCUT2D eigenvalue weighted by Crippen LogP contribution is -2.38. The predicted molar refractivity (Wildman–Crippen MR) is 94.1 cm³/mol. The summed E-state index contributed by atoms with van der Waals surface area (Å²) in [6.07, 6.45) is 0. The molecule has 0 saturated carbocycles. The van der Waals surface area contributed by atoms with E-state index < -0.39 is 5.56 Å². The van der Waals surface area contributed by atoms with Crippen LogP contribution in [0, 0.1) is 32.1 Å². The monoisotopic (exact) mass is 323 g/mol. The van der Waals surface area contributed by atoms with E-state index in [2.05, 4.69) is 0 Å². The number of nitrogens with zero attached hydrogens (tertiary/aromatic N) is 3. The summed E-state index contributed by atoms with van der Waals surface area (Å²) in [7, 11) is 0. The SMILES string of the molecule is CCN(C(=O)Cn1c(C)cc(C)c(C#N)c1=O)c1cccc(C)c1. The Bertz CT molecular complexity index is 875. The molecular weight excluding hydrogens is 302 g/mol. The van der Waals surface area contributed by atoms with Gasteiger partial charge >= 0.3 is 0 Å². The molecule has 0 saturated heterocycles. The first-order valence-electron chi connectivity index (χ1n) is 7.87. The Labute approximate surface area is 141 Å². The maximum Gasteiger partial charge on any atom is 0.269 e. The summed E-state index contributed by atoms with van der Waals surface area (Å²) in [5.74, 6) is -0.180. The highest BCUT2D eigenvalue weighted by molar-refractivity contribution is 5.93. The van der Waals surface area contributed by atoms with Crippen molar-refractivity contribution in [2.75, 3.05) is 11.4 Å². The number of anilines is 1. The molecule has 1 aromatic carbocycles. The molecule has 5 nitrogen and oxygen atoms in total. The van der Waals surface area contributed by atoms with E-state index in [9.17, 15) is 9.59 Å². The minimum Gasteiger partial charge on any atom is -0.311 e. The first-order chi connectivity index (χ1) is 11.4. The molecule has 0 spiro atoms. The van der Waals surface area contributed by atoms with Crippen LogP contribution in [0.5, 0.6) is 0 Å². The van der Waals surface area contributed by atoms with E-state index in [-0.39, 0.29) is 18.0 Å². The molecule has 24 heavy (non-hydrogen) atoms. The van der Waals surface area contributed by atoms with Gasteiger partial charge in [-0.25, -0.2) is 0 Å². The van der Waals surface area contributed by atoms with E-state index in [1.54, 1.807) is 24.8 Å². The van der Waals surface area contributed by atoms with E-state index in [4.69, 9.17) is 5.26 Å². The van der Waals surface area contributed by atoms with E-state index in [0.29, 0.717) is 17.8 Å². The smallest absolute Gasteiger partial charge is 0.269 e. The quantitative estimate of drug-likeness (QED) is 0.869. The zero-order valence-corrected chi connectivity index (χ0v) is 14.5. The molecule has 0 fully saturated rings. The molecular formula is C19H21N3O2. The maximum atomic E-state index is 12.7. The van der Waals surface area contributed by atoms with Crippen LogP contribution >= 0.6 is 0 Å². The van der Waals surface area contributed by atoms with Gasteiger partial charge in [0.15, 0.2) is 0 Å². The average Bonchev–Trinajstić information content (AvgIpc) is 2.52. The summed E-state index contributed by atoms with van der Waals surface area (Å²) in [6, 6.07) is 11.4. The van der Waals surface area contributed by atoms with E-state index in [1.165, 1.54) is 4.57 Å². The fraction of sp³-hybridized carbons (Fsp3) is 0.316. The van der Waals surface area contributed by atoms with Gasteiger partial charge in [0.25, 0.3) is 5.56 Å². The van der Waals surface area contributed by atoms with Crippen LogP contribution in [0.15, 0.2) is 35.1 Å². The van der Waals surface area contributed by atoms with Gasteiger partial charge in [0.2, 0.25) is 5.91 Å². The lowest BCUT2D eigenvalue weighted by molar-refractivity contribution is -0.119. The fourth-order valence-corrected chi connectivity index (χ4v) is 2.78. The van der Waals surface area contributed by atoms with E-state index in [0.717, 1.165) is 11.3 Å². The number of rotatable bonds is 4. The third-order valence-corrected chi connectivity index (χ3v) is 4.04. The molecule has 2 aromatic rings. The third-order valence-electron chi connectivity index (χ3n) is 4.04. The molecule has 0 unspecified atom stereocenters. The maximum absolute atomic E-state index is 12.7. The van der Waals surface area contributed by atoms with Gasteiger partial charge in [-0.1, -0.05) is 12.1 Å². The number of pyridine rings is 1. The topological polar surface area (TPSA) is 66.1 Å². The Kier molecular flexibility index (Phi) is 5.20. The normalized spacial score (nSPS) is 10.3. The molecule has 0 aliphatic rings. The molecule has 0 bridgehead atoms. The molecule has 124 valence electrons. The van der Waals surface area contributed by atoms with E-state index in [1.807, 2.05) is 44.2 Å². The Morgan fingerprint density at radius 3 is 2.54 bits per heavy atom. The van der Waals surface area contributed by atoms with Gasteiger partial charge in [0.1, 0.15) is 18.2 Å². The van der Waals surface area contributed by atoms with Gasteiger partial charge < -0.3 is 9.47 Å². The van der Waals surface area contributed by atoms with Crippen molar-refractivity contribution in [3.05, 3.63) is 63.1 Å². The number of carbonyl (C=O) groups excluding carboxylic acids is 1. The highest BCUT2D eigenvalue weighted by Crippen LogP contribution is 2.16. The number of aryl methyl sites for hydroxylation is 3. The molecule has 5 heteroatoms. The number of benzene rings is 1. The minimum atomic E-state index is -0.413. The first-order valence-corrected chi connectivity index (χ1v) is 7.87. The number of hydrogen-bond acceptors (Lipinski definition) is 3. The molecule has 0 aliphatic carbocycles. The van der Waals surface area contributed by atoms with E-state index >= 15 is 0 Å². The van der Waals surface area contributed by atoms with Crippen molar-refractivity contribution in [3.63, 3.8) is 0 Å². The zero-order valence-electron chi connectivity index (χ0n) is 14.5. The van der Waals surface area contributed by atoms with Crippen molar-refractivity contribution in [1.29, 1.82) is 5.26 Å². The van der Waals surface area contributed by atoms with Crippen LogP contribution in [-0.2, 0) is 11.3 Å². The molecule has 0 radical (unpaired) electrons. The first kappa shape index (κ1) is 17.5. The van der Waals surface area contributed by atoms with Crippen molar-refractivity contribution in [2.24, 2.45) is 0 Å². The summed E-state index contributed by atoms with van der Waals surface area (Å²) >= 11 is 0. The Hall–Kier alpha value is -2.87. The Morgan fingerprint density at radius 1 is 1.25 bits per heavy atom. The van der Waals surface area contributed by atoms with Crippen molar-refractivity contribution in [1.82, 2.24) is 4.57 Å². The summed E-state index contributed by atoms with van der Waals surface area (Å²) in [5, 5.41) is 9.15. The summed E-state index contributed by atoms with van der Waals surface area (Å²) in [4.78, 5) is 26.8. The zero-order chi connectivity index (χ0) is 17.9. The fourth-order valence-electron chi connectivity index (χ4n) is 2.78. The average molecular weight is 323 g/mol. The van der Waals surface area contributed by atoms with Crippen molar-refractivity contribution in [2.45, 2.75) is 34.2 Å². The van der Waals surface area contributed by atoms with Crippen molar-refractivity contribution in [3.8, 4) is 6.07 Å². The van der Waals surface area contributed by atoms with Crippen LogP contribution in [0.4, 0.5) is 5.69 Å². The van der Waals surface area contributed by atoms with Crippen molar-refractivity contribution < 1.29 is 4.79 Å². The van der Waals surface area contributed by atoms with Gasteiger partial charge in [-0.05, 0) is 57.0 Å². The number of hydrogen-bond donors (Lipinski definition) is 0. The second kappa shape index (κ2) is 7.14. The van der Waals surface area contributed by atoms with Gasteiger partial charge in [0, 0.05) is 17.9 Å². The van der Waals surface area contributed by atoms with Crippen LogP contribution in [0.3, 0.4) is 0 Å². The van der Waals surface area contributed by atoms with Gasteiger partial charge in [-0.15, -0.1) is 0 Å². The second-order valence-corrected chi connectivity index (χ2v) is 5.82. The Balaban J connectivity index is 2.39. The highest BCUT2D eigenvalue weighted by Gasteiger charge is 2.18. The second-order valence-electron chi connectivity index (χ2n) is 5.82. The third kappa shape index (κ3) is 3.38. The van der Waals surface area contributed by atoms with Gasteiger partial charge in [0.05, 0.1) is 0 Å². The van der Waals surface area contributed by atoms with Crippen molar-refractivity contribution >= 4 is 11.6 Å². The number of nitriles is 1. The standard InChI is InChI=1S/C19H21N3O2/c1-5-21(16-8-6-7-13(2)9-16)18(23)12-22-15(4)10-14(3)17(11-20)19(22)24/h6-10H,5,12H2,1-4H3. The molecule has 1 heterocycles. The predicted octanol–water partition coefficient (Wildman–Crippen LogP) is 2.70. The molecule has 2 rings (SSSR count). The lowest BCUT2D eigenvalue weighted by Gasteiger charge is -2.22. The molecule has 0 N–H and O–H groups in total. The number of amides is 1. The molecule has 0 atom stereocenters. The van der Waals surface area contributed by atoms with Gasteiger partial charge in [-0.3, -0.25) is 9.59 Å². The number of aromatic nitrogens is 1. The summed E-state index contributed by atoms with van der Waals surface area (Å²) in [6.45, 7) is 7.78. The summed E-state index contributed by atoms with van der Waals surface area (Å²) < 4.78 is 1.37. The highest BCUT2D eigenvalue weighted by atomic mass is 16.2. The Morgan fingerprint density at radius 2 is 1.96 bits per heavy atom. The minimum absolute atomic E-state index is 0.0819. The lowest BCUT2D eigenvalue weighted by atomic mass is 10.1. The number of carbonyl (C=O) groups is 1. The number of likely N-dealkylation sites (N-methyl/N-ethyl adjacent to an activating group) is 1. The van der Waals surface area contributed by atoms with Crippen LogP contribution in [0.1, 0.15) is 29.3 Å². The van der Waals surface area contributed by atoms with Crippen LogP contribution in [0.2, 0.25) is 0 Å². The largest absolute Gasteiger partial charge is 0.311 e. The summed E-state index contributed by atoms with van der Waals surface area (Å²) in [5.41, 5.74) is 2.85. The van der Waals surface area contributed by atoms with Crippen LogP contribution < -0.4 is 10.5 Å². The van der Waals surface area contributed by atoms with Gasteiger partial charge in [-0.2, -0.15) is 5.26 Å². The molecule has 0 aliphatic heterocycles.